The molecule has 17 heavy (non-hydrogen) atoms. The van der Waals surface area contributed by atoms with Gasteiger partial charge in [0, 0.05) is 5.69 Å². The van der Waals surface area contributed by atoms with E-state index in [1.807, 2.05) is 0 Å². The molecule has 0 aromatic heterocycles. The van der Waals surface area contributed by atoms with E-state index in [0.717, 1.165) is 0 Å². The average molecular weight is 254 g/mol. The lowest BCUT2D eigenvalue weighted by Crippen LogP contribution is -2.35. The Hall–Kier alpha value is -1.89. The fraction of sp³-hybridized carbons (Fsp3) is 0.200. The van der Waals surface area contributed by atoms with Gasteiger partial charge in [0.25, 0.3) is 11.0 Å². The van der Waals surface area contributed by atoms with Crippen LogP contribution in [-0.2, 0) is 19.5 Å². The fourth-order valence-electron chi connectivity index (χ4n) is 1.29. The highest BCUT2D eigenvalue weighted by Gasteiger charge is 2.31. The molecule has 6 nitrogen and oxygen atoms in total. The smallest absolute Gasteiger partial charge is 0.289 e. The number of sulfone groups is 1. The zero-order valence-electron chi connectivity index (χ0n) is 8.79. The summed E-state index contributed by atoms with van der Waals surface area (Å²) in [7, 11) is -3.63. The number of hydrogen-bond donors (Lipinski definition) is 1. The average Bonchev–Trinajstić information content (AvgIpc) is 2.29. The lowest BCUT2D eigenvalue weighted by molar-refractivity contribution is -0.110. The second kappa shape index (κ2) is 4.54. The van der Waals surface area contributed by atoms with Crippen LogP contribution in [0.15, 0.2) is 35.5 Å². The number of nitrogens with one attached hydrogen (secondary N) is 1. The molecule has 1 heterocycles. The largest absolute Gasteiger partial charge is 0.393 e. The first-order chi connectivity index (χ1) is 8.09. The number of para-hydroxylation sites is 1. The van der Waals surface area contributed by atoms with Gasteiger partial charge in [-0.2, -0.15) is 0 Å². The first-order valence-electron chi connectivity index (χ1n) is 4.89. The van der Waals surface area contributed by atoms with E-state index in [-0.39, 0.29) is 12.4 Å². The van der Waals surface area contributed by atoms with Crippen molar-refractivity contribution in [3.05, 3.63) is 30.3 Å². The van der Waals surface area contributed by atoms with Crippen LogP contribution in [0.4, 0.5) is 5.69 Å². The van der Waals surface area contributed by atoms with Gasteiger partial charge >= 0.3 is 0 Å². The van der Waals surface area contributed by atoms with Crippen molar-refractivity contribution in [2.24, 2.45) is 5.16 Å². The first-order valence-corrected chi connectivity index (χ1v) is 6.54. The van der Waals surface area contributed by atoms with E-state index >= 15 is 0 Å². The number of benzene rings is 1. The van der Waals surface area contributed by atoms with Gasteiger partial charge in [-0.15, -0.1) is 0 Å². The molecular weight excluding hydrogens is 244 g/mol. The van der Waals surface area contributed by atoms with Crippen LogP contribution in [-0.4, -0.2) is 31.7 Å². The van der Waals surface area contributed by atoms with E-state index in [9.17, 15) is 13.2 Å². The zero-order chi connectivity index (χ0) is 12.3. The molecule has 0 spiro atoms. The normalized spacial score (nSPS) is 17.8. The predicted molar refractivity (Wildman–Crippen MR) is 62.2 cm³/mol. The van der Waals surface area contributed by atoms with Gasteiger partial charge in [0.1, 0.15) is 6.61 Å². The van der Waals surface area contributed by atoms with Crippen LogP contribution in [0, 0.1) is 0 Å². The molecule has 0 saturated carbocycles. The van der Waals surface area contributed by atoms with Gasteiger partial charge < -0.3 is 10.2 Å². The molecule has 7 heteroatoms. The number of rotatable bonds is 2. The molecule has 1 N–H and O–H groups in total. The predicted octanol–water partition coefficient (Wildman–Crippen LogP) is 0.384. The van der Waals surface area contributed by atoms with Crippen molar-refractivity contribution < 1.29 is 18.0 Å². The van der Waals surface area contributed by atoms with Crippen molar-refractivity contribution in [2.75, 3.05) is 17.7 Å². The van der Waals surface area contributed by atoms with Crippen LogP contribution in [0.5, 0.6) is 0 Å². The summed E-state index contributed by atoms with van der Waals surface area (Å²) in [6, 6.07) is 8.53. The third kappa shape index (κ3) is 2.62. The van der Waals surface area contributed by atoms with Gasteiger partial charge in [0.05, 0.1) is 5.75 Å². The summed E-state index contributed by atoms with van der Waals surface area (Å²) in [6.45, 7) is -0.0234. The number of carbonyl (C=O) groups is 1. The summed E-state index contributed by atoms with van der Waals surface area (Å²) in [5.41, 5.74) is 0.501. The van der Waals surface area contributed by atoms with E-state index < -0.39 is 20.8 Å². The van der Waals surface area contributed by atoms with Gasteiger partial charge in [-0.25, -0.2) is 8.42 Å². The summed E-state index contributed by atoms with van der Waals surface area (Å²) in [4.78, 5) is 16.3. The standard InChI is InChI=1S/C10H10N2O4S/c13-9(11-8-4-2-1-3-5-8)10-12-16-6-7-17(10,14)15/h1-5H,6-7H2,(H,11,13). The van der Waals surface area contributed by atoms with Crippen LogP contribution < -0.4 is 5.32 Å². The van der Waals surface area contributed by atoms with Crippen molar-refractivity contribution in [3.8, 4) is 0 Å². The number of nitrogens with zero attached hydrogens (tertiary/aromatic N) is 1. The highest BCUT2D eigenvalue weighted by molar-refractivity contribution is 8.08. The monoisotopic (exact) mass is 254 g/mol. The Kier molecular flexibility index (Phi) is 3.10. The Morgan fingerprint density at radius 3 is 2.65 bits per heavy atom. The van der Waals surface area contributed by atoms with Gasteiger partial charge in [-0.3, -0.25) is 4.79 Å². The molecule has 1 aliphatic rings. The maximum absolute atomic E-state index is 11.7. The van der Waals surface area contributed by atoms with Crippen LogP contribution in [0.2, 0.25) is 0 Å². The van der Waals surface area contributed by atoms with Gasteiger partial charge in [0.15, 0.2) is 0 Å². The Labute approximate surface area is 98.2 Å². The van der Waals surface area contributed by atoms with Crippen LogP contribution in [0.1, 0.15) is 0 Å². The highest BCUT2D eigenvalue weighted by atomic mass is 32.2. The van der Waals surface area contributed by atoms with Crippen LogP contribution in [0.25, 0.3) is 0 Å². The second-order valence-corrected chi connectivity index (χ2v) is 5.39. The molecule has 0 bridgehead atoms. The minimum absolute atomic E-state index is 0.0234. The quantitative estimate of drug-likeness (QED) is 0.827. The molecule has 1 aromatic rings. The van der Waals surface area contributed by atoms with Gasteiger partial charge in [0.2, 0.25) is 9.84 Å². The molecule has 0 unspecified atom stereocenters. The van der Waals surface area contributed by atoms with E-state index in [2.05, 4.69) is 15.3 Å². The Morgan fingerprint density at radius 1 is 1.29 bits per heavy atom. The Morgan fingerprint density at radius 2 is 2.00 bits per heavy atom. The molecule has 1 aliphatic heterocycles. The maximum Gasteiger partial charge on any atom is 0.289 e. The number of hydrogen-bond acceptors (Lipinski definition) is 5. The summed E-state index contributed by atoms with van der Waals surface area (Å²) >= 11 is 0. The van der Waals surface area contributed by atoms with Crippen molar-refractivity contribution in [2.45, 2.75) is 0 Å². The Bertz CT molecular complexity index is 551. The molecule has 0 fully saturated rings. The maximum atomic E-state index is 11.7. The molecule has 1 amide bonds. The van der Waals surface area contributed by atoms with Crippen molar-refractivity contribution in [3.63, 3.8) is 0 Å². The molecule has 0 radical (unpaired) electrons. The fourth-order valence-corrected chi connectivity index (χ4v) is 2.28. The lowest BCUT2D eigenvalue weighted by atomic mass is 10.3. The molecule has 2 rings (SSSR count). The Balaban J connectivity index is 2.19. The minimum Gasteiger partial charge on any atom is -0.393 e. The van der Waals surface area contributed by atoms with E-state index in [1.165, 1.54) is 0 Å². The SMILES string of the molecule is O=C(Nc1ccccc1)C1=NOCCS1(=O)=O. The van der Waals surface area contributed by atoms with Crippen LogP contribution >= 0.6 is 0 Å². The summed E-state index contributed by atoms with van der Waals surface area (Å²) in [5, 5.41) is 5.16. The molecular formula is C10H10N2O4S. The second-order valence-electron chi connectivity index (χ2n) is 3.37. The van der Waals surface area contributed by atoms with E-state index in [4.69, 9.17) is 0 Å². The summed E-state index contributed by atoms with van der Waals surface area (Å²) in [6.07, 6.45) is 0. The topological polar surface area (TPSA) is 84.8 Å². The third-order valence-corrected chi connectivity index (χ3v) is 3.66. The van der Waals surface area contributed by atoms with Gasteiger partial charge in [-0.05, 0) is 12.1 Å². The molecule has 90 valence electrons. The van der Waals surface area contributed by atoms with Crippen LogP contribution in [0.3, 0.4) is 0 Å². The highest BCUT2D eigenvalue weighted by Crippen LogP contribution is 2.09. The number of carbonyl (C=O) groups excluding carboxylic acids is 1. The van der Waals surface area contributed by atoms with Crippen molar-refractivity contribution >= 4 is 26.5 Å². The van der Waals surface area contributed by atoms with Crippen molar-refractivity contribution in [1.29, 1.82) is 0 Å². The summed E-state index contributed by atoms with van der Waals surface area (Å²) in [5.74, 6) is -1.01. The van der Waals surface area contributed by atoms with E-state index in [1.54, 1.807) is 30.3 Å². The molecule has 0 saturated heterocycles. The molecule has 0 atom stereocenters. The summed E-state index contributed by atoms with van der Waals surface area (Å²) < 4.78 is 23.1. The number of amides is 1. The van der Waals surface area contributed by atoms with Crippen molar-refractivity contribution in [1.82, 2.24) is 0 Å². The number of anilines is 1. The minimum atomic E-state index is -3.63. The molecule has 1 aromatic carbocycles. The number of oxime groups is 1. The lowest BCUT2D eigenvalue weighted by Gasteiger charge is -2.12. The molecule has 0 aliphatic carbocycles. The van der Waals surface area contributed by atoms with E-state index in [0.29, 0.717) is 5.69 Å². The third-order valence-electron chi connectivity index (χ3n) is 2.11. The first kappa shape index (κ1) is 11.6. The zero-order valence-corrected chi connectivity index (χ0v) is 9.61. The van der Waals surface area contributed by atoms with Gasteiger partial charge in [-0.1, -0.05) is 23.4 Å².